The zero-order chi connectivity index (χ0) is 13.7. The summed E-state index contributed by atoms with van der Waals surface area (Å²) < 4.78 is 24.7. The quantitative estimate of drug-likeness (QED) is 0.892. The van der Waals surface area contributed by atoms with Crippen LogP contribution in [0, 0.1) is 5.82 Å². The van der Waals surface area contributed by atoms with Gasteiger partial charge in [0.25, 0.3) is 0 Å². The average Bonchev–Trinajstić information content (AvgIpc) is 2.43. The van der Waals surface area contributed by atoms with Gasteiger partial charge < -0.3 is 15.2 Å². The minimum Gasteiger partial charge on any atom is -0.488 e. The van der Waals surface area contributed by atoms with Crippen molar-refractivity contribution in [2.45, 2.75) is 44.8 Å². The van der Waals surface area contributed by atoms with Crippen molar-refractivity contribution in [3.05, 3.63) is 29.6 Å². The van der Waals surface area contributed by atoms with Gasteiger partial charge in [-0.25, -0.2) is 4.39 Å². The molecule has 106 valence electrons. The lowest BCUT2D eigenvalue weighted by Crippen LogP contribution is -2.29. The van der Waals surface area contributed by atoms with E-state index >= 15 is 0 Å². The van der Waals surface area contributed by atoms with Crippen molar-refractivity contribution in [1.29, 1.82) is 0 Å². The highest BCUT2D eigenvalue weighted by atomic mass is 19.1. The number of nitrogens with two attached hydrogens (primary N) is 1. The van der Waals surface area contributed by atoms with Gasteiger partial charge in [-0.2, -0.15) is 0 Å². The van der Waals surface area contributed by atoms with E-state index in [1.165, 1.54) is 12.1 Å². The summed E-state index contributed by atoms with van der Waals surface area (Å²) in [5.74, 6) is 0.492. The van der Waals surface area contributed by atoms with E-state index in [0.717, 1.165) is 37.2 Å². The van der Waals surface area contributed by atoms with E-state index in [1.807, 2.05) is 6.92 Å². The fourth-order valence-electron chi connectivity index (χ4n) is 2.23. The summed E-state index contributed by atoms with van der Waals surface area (Å²) in [4.78, 5) is 0. The molecule has 1 aliphatic rings. The van der Waals surface area contributed by atoms with Crippen LogP contribution in [0.3, 0.4) is 0 Å². The highest BCUT2D eigenvalue weighted by Crippen LogP contribution is 2.24. The van der Waals surface area contributed by atoms with E-state index in [2.05, 4.69) is 0 Å². The molecule has 2 N–H and O–H groups in total. The fraction of sp³-hybridized carbons (Fsp3) is 0.600. The maximum absolute atomic E-state index is 13.4. The van der Waals surface area contributed by atoms with Crippen LogP contribution in [-0.4, -0.2) is 25.4 Å². The van der Waals surface area contributed by atoms with Crippen LogP contribution >= 0.6 is 0 Å². The smallest absolute Gasteiger partial charge is 0.123 e. The molecule has 2 rings (SSSR count). The maximum Gasteiger partial charge on any atom is 0.123 e. The van der Waals surface area contributed by atoms with E-state index in [9.17, 15) is 4.39 Å². The molecular weight excluding hydrogens is 245 g/mol. The van der Waals surface area contributed by atoms with Gasteiger partial charge in [0.05, 0.1) is 6.61 Å². The second-order valence-electron chi connectivity index (χ2n) is 5.08. The van der Waals surface area contributed by atoms with Gasteiger partial charge >= 0.3 is 0 Å². The van der Waals surface area contributed by atoms with Crippen molar-refractivity contribution in [2.24, 2.45) is 5.73 Å². The molecule has 1 fully saturated rings. The summed E-state index contributed by atoms with van der Waals surface area (Å²) in [6.07, 6.45) is 3.56. The van der Waals surface area contributed by atoms with Crippen molar-refractivity contribution >= 4 is 0 Å². The van der Waals surface area contributed by atoms with Crippen LogP contribution in [0.2, 0.25) is 0 Å². The molecule has 0 saturated carbocycles. The lowest BCUT2D eigenvalue weighted by Gasteiger charge is -2.25. The summed E-state index contributed by atoms with van der Waals surface area (Å²) in [7, 11) is 0. The Morgan fingerprint density at radius 2 is 2.37 bits per heavy atom. The molecule has 0 spiro atoms. The Hall–Kier alpha value is -1.13. The monoisotopic (exact) mass is 267 g/mol. The molecule has 4 heteroatoms. The number of ether oxygens (including phenoxy) is 2. The zero-order valence-electron chi connectivity index (χ0n) is 11.4. The van der Waals surface area contributed by atoms with E-state index in [4.69, 9.17) is 15.2 Å². The highest BCUT2D eigenvalue weighted by molar-refractivity contribution is 5.35. The van der Waals surface area contributed by atoms with Crippen molar-refractivity contribution in [2.75, 3.05) is 13.2 Å². The van der Waals surface area contributed by atoms with Crippen LogP contribution < -0.4 is 10.5 Å². The molecule has 1 heterocycles. The summed E-state index contributed by atoms with van der Waals surface area (Å²) >= 11 is 0. The first-order valence-electron chi connectivity index (χ1n) is 6.97. The van der Waals surface area contributed by atoms with Gasteiger partial charge in [-0.05, 0) is 49.4 Å². The third kappa shape index (κ3) is 4.18. The first-order chi connectivity index (χ1) is 9.19. The Bertz CT molecular complexity index is 405. The molecule has 3 nitrogen and oxygen atoms in total. The molecule has 0 aliphatic carbocycles. The molecule has 1 saturated heterocycles. The van der Waals surface area contributed by atoms with Crippen molar-refractivity contribution < 1.29 is 13.9 Å². The lowest BCUT2D eigenvalue weighted by molar-refractivity contribution is 0.00698. The second-order valence-corrected chi connectivity index (χ2v) is 5.08. The Kier molecular flexibility index (Phi) is 5.16. The number of hydrogen-bond acceptors (Lipinski definition) is 3. The molecule has 1 aromatic carbocycles. The van der Waals surface area contributed by atoms with E-state index in [0.29, 0.717) is 13.0 Å². The maximum atomic E-state index is 13.4. The summed E-state index contributed by atoms with van der Waals surface area (Å²) in [5.41, 5.74) is 6.80. The summed E-state index contributed by atoms with van der Waals surface area (Å²) in [5, 5.41) is 0. The SMILES string of the molecule is CCC(N)Cc1cc(F)ccc1OC1CCCOC1. The topological polar surface area (TPSA) is 44.5 Å². The van der Waals surface area contributed by atoms with Crippen molar-refractivity contribution in [3.63, 3.8) is 0 Å². The van der Waals surface area contributed by atoms with Gasteiger partial charge in [0.1, 0.15) is 17.7 Å². The Morgan fingerprint density at radius 1 is 1.53 bits per heavy atom. The van der Waals surface area contributed by atoms with Crippen LogP contribution in [0.15, 0.2) is 18.2 Å². The van der Waals surface area contributed by atoms with Crippen LogP contribution in [0.1, 0.15) is 31.7 Å². The zero-order valence-corrected chi connectivity index (χ0v) is 11.4. The predicted octanol–water partition coefficient (Wildman–Crippen LogP) is 2.66. The summed E-state index contributed by atoms with van der Waals surface area (Å²) in [6, 6.07) is 4.68. The number of halogens is 1. The average molecular weight is 267 g/mol. The van der Waals surface area contributed by atoms with Gasteiger partial charge in [-0.1, -0.05) is 6.92 Å². The molecule has 2 unspecified atom stereocenters. The van der Waals surface area contributed by atoms with Gasteiger partial charge in [0.15, 0.2) is 0 Å². The van der Waals surface area contributed by atoms with E-state index in [-0.39, 0.29) is 18.0 Å². The van der Waals surface area contributed by atoms with Crippen molar-refractivity contribution in [3.8, 4) is 5.75 Å². The third-order valence-electron chi connectivity index (χ3n) is 3.44. The standard InChI is InChI=1S/C15H22FNO2/c1-2-13(17)9-11-8-12(16)5-6-15(11)19-14-4-3-7-18-10-14/h5-6,8,13-14H,2-4,7,9-10,17H2,1H3. The third-order valence-corrected chi connectivity index (χ3v) is 3.44. The first-order valence-corrected chi connectivity index (χ1v) is 6.97. The molecule has 0 amide bonds. The Morgan fingerprint density at radius 3 is 3.05 bits per heavy atom. The van der Waals surface area contributed by atoms with Gasteiger partial charge in [-0.15, -0.1) is 0 Å². The summed E-state index contributed by atoms with van der Waals surface area (Å²) in [6.45, 7) is 3.44. The molecular formula is C15H22FNO2. The van der Waals surface area contributed by atoms with Crippen LogP contribution in [-0.2, 0) is 11.2 Å². The number of hydrogen-bond donors (Lipinski definition) is 1. The Balaban J connectivity index is 2.09. The normalized spacial score (nSPS) is 21.1. The van der Waals surface area contributed by atoms with Gasteiger partial charge in [0.2, 0.25) is 0 Å². The largest absolute Gasteiger partial charge is 0.488 e. The molecule has 1 aliphatic heterocycles. The number of benzene rings is 1. The minimum atomic E-state index is -0.245. The molecule has 0 bridgehead atoms. The second kappa shape index (κ2) is 6.87. The van der Waals surface area contributed by atoms with Gasteiger partial charge in [-0.3, -0.25) is 0 Å². The van der Waals surface area contributed by atoms with Crippen LogP contribution in [0.25, 0.3) is 0 Å². The first kappa shape index (κ1) is 14.3. The molecule has 1 aromatic rings. The fourth-order valence-corrected chi connectivity index (χ4v) is 2.23. The lowest BCUT2D eigenvalue weighted by atomic mass is 10.0. The molecule has 2 atom stereocenters. The molecule has 19 heavy (non-hydrogen) atoms. The molecule has 0 radical (unpaired) electrons. The van der Waals surface area contributed by atoms with E-state index in [1.54, 1.807) is 6.07 Å². The van der Waals surface area contributed by atoms with Crippen LogP contribution in [0.5, 0.6) is 5.75 Å². The number of rotatable bonds is 5. The minimum absolute atomic E-state index is 0.0340. The Labute approximate surface area is 113 Å². The highest BCUT2D eigenvalue weighted by Gasteiger charge is 2.18. The van der Waals surface area contributed by atoms with Crippen molar-refractivity contribution in [1.82, 2.24) is 0 Å². The van der Waals surface area contributed by atoms with Crippen LogP contribution in [0.4, 0.5) is 4.39 Å². The van der Waals surface area contributed by atoms with Gasteiger partial charge in [0, 0.05) is 12.6 Å². The predicted molar refractivity (Wildman–Crippen MR) is 72.8 cm³/mol. The molecule has 0 aromatic heterocycles. The van der Waals surface area contributed by atoms with E-state index < -0.39 is 0 Å².